The highest BCUT2D eigenvalue weighted by atomic mass is 16.3. The quantitative estimate of drug-likeness (QED) is 0.796. The number of carbonyl (C=O) groups is 1. The van der Waals surface area contributed by atoms with Gasteiger partial charge in [0.2, 0.25) is 0 Å². The second kappa shape index (κ2) is 6.94. The molecule has 156 valence electrons. The Balaban J connectivity index is 1.31. The number of carbonyl (C=O) groups excluding carboxylic acids is 1. The summed E-state index contributed by atoms with van der Waals surface area (Å²) in [7, 11) is 0. The van der Waals surface area contributed by atoms with Gasteiger partial charge in [0, 0.05) is 5.92 Å². The molecule has 4 saturated carbocycles. The number of hydrogen-bond donors (Lipinski definition) is 1. The van der Waals surface area contributed by atoms with Gasteiger partial charge in [-0.3, -0.25) is 4.79 Å². The number of aliphatic hydroxyl groups is 1. The minimum Gasteiger partial charge on any atom is -0.378 e. The van der Waals surface area contributed by atoms with Crippen LogP contribution in [0.4, 0.5) is 0 Å². The third-order valence-electron chi connectivity index (χ3n) is 9.51. The van der Waals surface area contributed by atoms with Crippen LogP contribution >= 0.6 is 0 Å². The second-order valence-corrected chi connectivity index (χ2v) is 10.6. The molecule has 0 aromatic carbocycles. The maximum absolute atomic E-state index is 13.0. The van der Waals surface area contributed by atoms with Gasteiger partial charge in [-0.1, -0.05) is 12.8 Å². The van der Waals surface area contributed by atoms with Crippen molar-refractivity contribution in [3.8, 4) is 12.3 Å². The second-order valence-electron chi connectivity index (χ2n) is 10.6. The molecule has 29 heavy (non-hydrogen) atoms. The van der Waals surface area contributed by atoms with Crippen LogP contribution in [0.2, 0.25) is 0 Å². The third-order valence-corrected chi connectivity index (χ3v) is 9.51. The van der Waals surface area contributed by atoms with E-state index in [0.717, 1.165) is 37.5 Å². The van der Waals surface area contributed by atoms with Gasteiger partial charge in [0.05, 0.1) is 0 Å². The lowest BCUT2D eigenvalue weighted by Crippen LogP contribution is -2.54. The third kappa shape index (κ3) is 3.06. The molecule has 1 aromatic rings. The standard InChI is InChI=1S/C24H33N3O2/c1-3-24(29)11-10-23(2)16(12-24)4-5-19-17-6-7-20(18(17)8-9-21(19)23)22(28)13-27-15-25-14-26-27/h1,14-21,29H,4-13H2,2H3/t16-,17?,18?,19?,20?,21?,23+,24-/m1/s1. The molecule has 0 bridgehead atoms. The van der Waals surface area contributed by atoms with Gasteiger partial charge in [-0.2, -0.15) is 5.10 Å². The maximum atomic E-state index is 13.0. The lowest BCUT2D eigenvalue weighted by atomic mass is 9.46. The number of fused-ring (bicyclic) bond motifs is 5. The largest absolute Gasteiger partial charge is 0.378 e. The van der Waals surface area contributed by atoms with E-state index in [1.807, 2.05) is 0 Å². The molecule has 4 aliphatic carbocycles. The topological polar surface area (TPSA) is 68.0 Å². The van der Waals surface area contributed by atoms with Gasteiger partial charge in [-0.25, -0.2) is 9.67 Å². The van der Waals surface area contributed by atoms with Crippen LogP contribution in [0.5, 0.6) is 0 Å². The predicted octanol–water partition coefficient (Wildman–Crippen LogP) is 3.48. The van der Waals surface area contributed by atoms with Gasteiger partial charge in [0.15, 0.2) is 5.78 Å². The van der Waals surface area contributed by atoms with Crippen LogP contribution in [-0.4, -0.2) is 31.3 Å². The monoisotopic (exact) mass is 395 g/mol. The Morgan fingerprint density at radius 3 is 2.72 bits per heavy atom. The number of terminal acetylenes is 1. The summed E-state index contributed by atoms with van der Waals surface area (Å²) in [5.41, 5.74) is -0.583. The molecule has 5 rings (SSSR count). The van der Waals surface area contributed by atoms with Gasteiger partial charge < -0.3 is 5.11 Å². The minimum atomic E-state index is -0.888. The summed E-state index contributed by atoms with van der Waals surface area (Å²) < 4.78 is 1.67. The normalized spacial score (nSPS) is 46.2. The van der Waals surface area contributed by atoms with Crippen molar-refractivity contribution in [3.05, 3.63) is 12.7 Å². The van der Waals surface area contributed by atoms with Crippen molar-refractivity contribution in [2.75, 3.05) is 0 Å². The van der Waals surface area contributed by atoms with Crippen molar-refractivity contribution >= 4 is 5.78 Å². The Labute approximate surface area is 173 Å². The molecule has 1 heterocycles. The van der Waals surface area contributed by atoms with Crippen LogP contribution in [0.1, 0.15) is 64.7 Å². The van der Waals surface area contributed by atoms with Gasteiger partial charge in [0.25, 0.3) is 0 Å². The Hall–Kier alpha value is -1.67. The summed E-state index contributed by atoms with van der Waals surface area (Å²) in [5, 5.41) is 14.8. The zero-order valence-corrected chi connectivity index (χ0v) is 17.5. The molecule has 1 N–H and O–H groups in total. The number of aromatic nitrogens is 3. The van der Waals surface area contributed by atoms with E-state index in [-0.39, 0.29) is 5.92 Å². The highest BCUT2D eigenvalue weighted by Crippen LogP contribution is 2.64. The molecular weight excluding hydrogens is 362 g/mol. The summed E-state index contributed by atoms with van der Waals surface area (Å²) >= 11 is 0. The molecule has 4 aliphatic rings. The van der Waals surface area contributed by atoms with Gasteiger partial charge in [0.1, 0.15) is 24.8 Å². The average Bonchev–Trinajstić information content (AvgIpc) is 3.38. The number of Topliss-reactive ketones (excluding diaryl/α,β-unsaturated/α-hetero) is 1. The fourth-order valence-electron chi connectivity index (χ4n) is 8.02. The molecule has 1 aromatic heterocycles. The zero-order chi connectivity index (χ0) is 20.2. The summed E-state index contributed by atoms with van der Waals surface area (Å²) in [6, 6.07) is 0. The average molecular weight is 396 g/mol. The van der Waals surface area contributed by atoms with Crippen molar-refractivity contribution in [1.29, 1.82) is 0 Å². The van der Waals surface area contributed by atoms with Crippen LogP contribution < -0.4 is 0 Å². The van der Waals surface area contributed by atoms with E-state index >= 15 is 0 Å². The van der Waals surface area contributed by atoms with Gasteiger partial charge in [-0.15, -0.1) is 6.42 Å². The van der Waals surface area contributed by atoms with Crippen molar-refractivity contribution in [1.82, 2.24) is 14.8 Å². The molecule has 4 fully saturated rings. The van der Waals surface area contributed by atoms with E-state index in [4.69, 9.17) is 6.42 Å². The fourth-order valence-corrected chi connectivity index (χ4v) is 8.02. The molecule has 8 atom stereocenters. The maximum Gasteiger partial charge on any atom is 0.157 e. The Bertz CT molecular complexity index is 815. The van der Waals surface area contributed by atoms with Crippen LogP contribution in [0, 0.1) is 53.3 Å². The van der Waals surface area contributed by atoms with Crippen LogP contribution in [0.15, 0.2) is 12.7 Å². The van der Waals surface area contributed by atoms with Crippen molar-refractivity contribution in [2.45, 2.75) is 76.9 Å². The molecule has 0 radical (unpaired) electrons. The molecule has 0 aliphatic heterocycles. The summed E-state index contributed by atoms with van der Waals surface area (Å²) in [6.45, 7) is 2.85. The fraction of sp³-hybridized carbons (Fsp3) is 0.792. The molecule has 5 unspecified atom stereocenters. The summed E-state index contributed by atoms with van der Waals surface area (Å²) in [6.07, 6.45) is 18.5. The zero-order valence-electron chi connectivity index (χ0n) is 17.5. The smallest absolute Gasteiger partial charge is 0.157 e. The van der Waals surface area contributed by atoms with E-state index in [9.17, 15) is 9.90 Å². The molecule has 0 amide bonds. The number of ketones is 1. The Kier molecular flexibility index (Phi) is 4.62. The summed E-state index contributed by atoms with van der Waals surface area (Å²) in [5.74, 6) is 6.50. The van der Waals surface area contributed by atoms with Crippen molar-refractivity contribution in [3.63, 3.8) is 0 Å². The molecule has 0 saturated heterocycles. The number of rotatable bonds is 3. The molecule has 5 nitrogen and oxygen atoms in total. The lowest BCUT2D eigenvalue weighted by Gasteiger charge is -2.59. The van der Waals surface area contributed by atoms with E-state index in [1.165, 1.54) is 38.4 Å². The van der Waals surface area contributed by atoms with Gasteiger partial charge >= 0.3 is 0 Å². The van der Waals surface area contributed by atoms with E-state index < -0.39 is 5.60 Å². The van der Waals surface area contributed by atoms with E-state index in [1.54, 1.807) is 11.0 Å². The minimum absolute atomic E-state index is 0.202. The first-order chi connectivity index (χ1) is 13.9. The van der Waals surface area contributed by atoms with E-state index in [0.29, 0.717) is 35.5 Å². The first-order valence-electron chi connectivity index (χ1n) is 11.5. The van der Waals surface area contributed by atoms with E-state index in [2.05, 4.69) is 22.9 Å². The van der Waals surface area contributed by atoms with Crippen LogP contribution in [0.25, 0.3) is 0 Å². The number of nitrogens with zero attached hydrogens (tertiary/aromatic N) is 3. The highest BCUT2D eigenvalue weighted by Gasteiger charge is 2.58. The van der Waals surface area contributed by atoms with Crippen molar-refractivity contribution in [2.24, 2.45) is 40.9 Å². The Morgan fingerprint density at radius 1 is 1.17 bits per heavy atom. The SMILES string of the molecule is C#C[C@@]1(O)CC[C@]2(C)C3CCC4C(C(=O)Cn5cncn5)CCC4C3CC[C@@H]2C1. The molecular formula is C24H33N3O2. The number of hydrogen-bond acceptors (Lipinski definition) is 4. The molecule has 0 spiro atoms. The first kappa shape index (κ1) is 19.3. The van der Waals surface area contributed by atoms with Crippen LogP contribution in [0.3, 0.4) is 0 Å². The van der Waals surface area contributed by atoms with Crippen LogP contribution in [-0.2, 0) is 11.3 Å². The predicted molar refractivity (Wildman–Crippen MR) is 109 cm³/mol. The molecule has 5 heteroatoms. The highest BCUT2D eigenvalue weighted by molar-refractivity contribution is 5.81. The Morgan fingerprint density at radius 2 is 1.97 bits per heavy atom. The van der Waals surface area contributed by atoms with Crippen molar-refractivity contribution < 1.29 is 9.90 Å². The lowest BCUT2D eigenvalue weighted by molar-refractivity contribution is -0.132. The summed E-state index contributed by atoms with van der Waals surface area (Å²) in [4.78, 5) is 17.0. The van der Waals surface area contributed by atoms with Gasteiger partial charge in [-0.05, 0) is 92.8 Å². The first-order valence-corrected chi connectivity index (χ1v) is 11.5.